The lowest BCUT2D eigenvalue weighted by Gasteiger charge is -1.89. The monoisotopic (exact) mass is 126 g/mol. The summed E-state index contributed by atoms with van der Waals surface area (Å²) in [6.45, 7) is 0. The van der Waals surface area contributed by atoms with Crippen LogP contribution >= 0.6 is 0 Å². The SMILES string of the molecule is COOS(C)(=O)=O. The summed E-state index contributed by atoms with van der Waals surface area (Å²) in [5, 5.41) is 0. The van der Waals surface area contributed by atoms with Gasteiger partial charge in [0, 0.05) is 0 Å². The first kappa shape index (κ1) is 6.87. The number of rotatable bonds is 2. The van der Waals surface area contributed by atoms with Crippen LogP contribution in [0.2, 0.25) is 0 Å². The van der Waals surface area contributed by atoms with Crippen molar-refractivity contribution < 1.29 is 17.6 Å². The summed E-state index contributed by atoms with van der Waals surface area (Å²) in [5.41, 5.74) is 0. The summed E-state index contributed by atoms with van der Waals surface area (Å²) in [6, 6.07) is 0. The fourth-order valence-corrected chi connectivity index (χ4v) is 0.371. The topological polar surface area (TPSA) is 52.6 Å². The molecule has 0 amide bonds. The molecule has 44 valence electrons. The molecule has 0 rings (SSSR count). The van der Waals surface area contributed by atoms with Crippen molar-refractivity contribution in [3.8, 4) is 0 Å². The van der Waals surface area contributed by atoms with Crippen LogP contribution < -0.4 is 0 Å². The Bertz CT molecular complexity index is 123. The van der Waals surface area contributed by atoms with Crippen LogP contribution in [-0.2, 0) is 19.3 Å². The first-order chi connectivity index (χ1) is 3.06. The molecule has 0 heterocycles. The highest BCUT2D eigenvalue weighted by atomic mass is 32.2. The molecule has 0 aliphatic carbocycles. The predicted octanol–water partition coefficient (Wildman–Crippen LogP) is -0.476. The smallest absolute Gasteiger partial charge is 0.223 e. The van der Waals surface area contributed by atoms with E-state index in [9.17, 15) is 8.42 Å². The molecule has 0 aliphatic heterocycles. The van der Waals surface area contributed by atoms with Gasteiger partial charge < -0.3 is 0 Å². The van der Waals surface area contributed by atoms with E-state index in [2.05, 4.69) is 9.22 Å². The average Bonchev–Trinajstić information content (AvgIpc) is 1.30. The lowest BCUT2D eigenvalue weighted by molar-refractivity contribution is -0.171. The summed E-state index contributed by atoms with van der Waals surface area (Å²) in [6.07, 6.45) is 0.899. The summed E-state index contributed by atoms with van der Waals surface area (Å²) in [7, 11) is -2.27. The minimum atomic E-state index is -3.40. The molecular formula is C2H6O4S. The fourth-order valence-electron chi connectivity index (χ4n) is 0.124. The number of hydrogen-bond acceptors (Lipinski definition) is 4. The van der Waals surface area contributed by atoms with Gasteiger partial charge in [-0.05, 0) is 0 Å². The Balaban J connectivity index is 3.60. The fraction of sp³-hybridized carbons (Fsp3) is 1.00. The van der Waals surface area contributed by atoms with Crippen molar-refractivity contribution in [1.29, 1.82) is 0 Å². The third kappa shape index (κ3) is 5.87. The summed E-state index contributed by atoms with van der Waals surface area (Å²) in [4.78, 5) is 3.82. The van der Waals surface area contributed by atoms with Crippen LogP contribution in [0.15, 0.2) is 0 Å². The normalized spacial score (nSPS) is 11.7. The molecule has 0 atom stereocenters. The maximum absolute atomic E-state index is 9.88. The zero-order chi connectivity index (χ0) is 5.91. The molecule has 0 aromatic heterocycles. The van der Waals surface area contributed by atoms with Gasteiger partial charge in [-0.15, -0.1) is 4.33 Å². The van der Waals surface area contributed by atoms with Crippen molar-refractivity contribution >= 4 is 10.1 Å². The highest BCUT2D eigenvalue weighted by Crippen LogP contribution is 1.82. The van der Waals surface area contributed by atoms with Gasteiger partial charge in [0.15, 0.2) is 0 Å². The maximum Gasteiger partial charge on any atom is 0.290 e. The van der Waals surface area contributed by atoms with Gasteiger partial charge in [0.2, 0.25) is 0 Å². The Morgan fingerprint density at radius 2 is 1.86 bits per heavy atom. The van der Waals surface area contributed by atoms with Crippen LogP contribution in [0.25, 0.3) is 0 Å². The Labute approximate surface area is 42.1 Å². The highest BCUT2D eigenvalue weighted by molar-refractivity contribution is 7.85. The zero-order valence-corrected chi connectivity index (χ0v) is 4.86. The third-order valence-corrected chi connectivity index (χ3v) is 0.575. The van der Waals surface area contributed by atoms with E-state index in [1.165, 1.54) is 0 Å². The minimum Gasteiger partial charge on any atom is -0.223 e. The first-order valence-corrected chi connectivity index (χ1v) is 3.30. The van der Waals surface area contributed by atoms with Gasteiger partial charge in [0.1, 0.15) is 0 Å². The zero-order valence-electron chi connectivity index (χ0n) is 4.04. The Morgan fingerprint density at radius 3 is 1.86 bits per heavy atom. The second kappa shape index (κ2) is 2.25. The van der Waals surface area contributed by atoms with Crippen molar-refractivity contribution in [2.45, 2.75) is 0 Å². The Hall–Kier alpha value is -0.130. The van der Waals surface area contributed by atoms with E-state index in [-0.39, 0.29) is 0 Å². The second-order valence-corrected chi connectivity index (χ2v) is 2.48. The summed E-state index contributed by atoms with van der Waals surface area (Å²) in [5.74, 6) is 0. The molecule has 0 unspecified atom stereocenters. The lowest BCUT2D eigenvalue weighted by atomic mass is 11.8. The standard InChI is InChI=1S/C2H6O4S/c1-5-6-7(2,3)4/h1-2H3. The van der Waals surface area contributed by atoms with Gasteiger partial charge in [-0.3, -0.25) is 0 Å². The maximum atomic E-state index is 9.88. The van der Waals surface area contributed by atoms with Crippen molar-refractivity contribution in [2.75, 3.05) is 13.4 Å². The van der Waals surface area contributed by atoms with E-state index in [0.29, 0.717) is 0 Å². The average molecular weight is 126 g/mol. The van der Waals surface area contributed by atoms with E-state index < -0.39 is 10.1 Å². The van der Waals surface area contributed by atoms with Crippen molar-refractivity contribution in [2.24, 2.45) is 0 Å². The van der Waals surface area contributed by atoms with Gasteiger partial charge in [-0.1, -0.05) is 0 Å². The quantitative estimate of drug-likeness (QED) is 0.370. The molecule has 4 nitrogen and oxygen atoms in total. The molecule has 5 heteroatoms. The van der Waals surface area contributed by atoms with Crippen molar-refractivity contribution in [1.82, 2.24) is 0 Å². The predicted molar refractivity (Wildman–Crippen MR) is 22.9 cm³/mol. The van der Waals surface area contributed by atoms with Crippen LogP contribution in [0.4, 0.5) is 0 Å². The van der Waals surface area contributed by atoms with Crippen LogP contribution in [-0.4, -0.2) is 21.8 Å². The highest BCUT2D eigenvalue weighted by Gasteiger charge is 1.97. The van der Waals surface area contributed by atoms with Gasteiger partial charge in [-0.2, -0.15) is 8.42 Å². The van der Waals surface area contributed by atoms with Crippen molar-refractivity contribution in [3.05, 3.63) is 0 Å². The van der Waals surface area contributed by atoms with E-state index in [1.54, 1.807) is 0 Å². The first-order valence-electron chi connectivity index (χ1n) is 1.48. The van der Waals surface area contributed by atoms with Crippen LogP contribution in [0.3, 0.4) is 0 Å². The molecule has 0 fully saturated rings. The van der Waals surface area contributed by atoms with Crippen LogP contribution in [0.5, 0.6) is 0 Å². The van der Waals surface area contributed by atoms with Crippen LogP contribution in [0, 0.1) is 0 Å². The van der Waals surface area contributed by atoms with E-state index in [4.69, 9.17) is 0 Å². The molecule has 0 aromatic carbocycles. The largest absolute Gasteiger partial charge is 0.290 e. The molecule has 7 heavy (non-hydrogen) atoms. The number of hydrogen-bond donors (Lipinski definition) is 0. The van der Waals surface area contributed by atoms with Gasteiger partial charge in [0.25, 0.3) is 10.1 Å². The summed E-state index contributed by atoms with van der Waals surface area (Å²) >= 11 is 0. The molecule has 0 bridgehead atoms. The molecule has 0 saturated heterocycles. The van der Waals surface area contributed by atoms with Gasteiger partial charge >= 0.3 is 0 Å². The van der Waals surface area contributed by atoms with Crippen molar-refractivity contribution in [3.63, 3.8) is 0 Å². The van der Waals surface area contributed by atoms with E-state index >= 15 is 0 Å². The Kier molecular flexibility index (Phi) is 2.21. The van der Waals surface area contributed by atoms with E-state index in [0.717, 1.165) is 13.4 Å². The van der Waals surface area contributed by atoms with E-state index in [1.807, 2.05) is 0 Å². The second-order valence-electron chi connectivity index (χ2n) is 0.939. The summed E-state index contributed by atoms with van der Waals surface area (Å²) < 4.78 is 23.5. The molecular weight excluding hydrogens is 120 g/mol. The lowest BCUT2D eigenvalue weighted by Crippen LogP contribution is -1.99. The molecule has 0 saturated carbocycles. The van der Waals surface area contributed by atoms with Gasteiger partial charge in [0.05, 0.1) is 13.4 Å². The van der Waals surface area contributed by atoms with Gasteiger partial charge in [-0.25, -0.2) is 4.89 Å². The molecule has 0 N–H and O–H groups in total. The minimum absolute atomic E-state index is 0.899. The Morgan fingerprint density at radius 1 is 1.43 bits per heavy atom. The third-order valence-electron chi connectivity index (χ3n) is 0.192. The molecule has 0 aliphatic rings. The van der Waals surface area contributed by atoms with Crippen LogP contribution in [0.1, 0.15) is 0 Å². The molecule has 0 radical (unpaired) electrons. The molecule has 0 spiro atoms. The molecule has 0 aromatic rings.